The van der Waals surface area contributed by atoms with Crippen molar-refractivity contribution in [1.29, 1.82) is 0 Å². The predicted octanol–water partition coefficient (Wildman–Crippen LogP) is 10.6. The summed E-state index contributed by atoms with van der Waals surface area (Å²) in [6, 6.07) is 23.7. The third-order valence-corrected chi connectivity index (χ3v) is 14.7. The Hall–Kier alpha value is -6.01. The molecule has 67 heavy (non-hydrogen) atoms. The number of rotatable bonds is 17. The first-order valence-corrected chi connectivity index (χ1v) is 24.0. The molecule has 2 amide bonds. The maximum absolute atomic E-state index is 15.0. The van der Waals surface area contributed by atoms with Crippen LogP contribution in [0.1, 0.15) is 116 Å². The topological polar surface area (TPSA) is 143 Å². The quantitative estimate of drug-likeness (QED) is 0.0777. The average Bonchev–Trinajstić information content (AvgIpc) is 3.61. The van der Waals surface area contributed by atoms with Gasteiger partial charge in [-0.15, -0.1) is 0 Å². The lowest BCUT2D eigenvalue weighted by atomic mass is 9.59. The van der Waals surface area contributed by atoms with Gasteiger partial charge in [0, 0.05) is 72.5 Å². The molecule has 5 aromatic rings. The molecule has 0 bridgehead atoms. The second-order valence-corrected chi connectivity index (χ2v) is 19.5. The zero-order chi connectivity index (χ0) is 47.3. The molecule has 11 nitrogen and oxygen atoms in total. The molecule has 1 spiro atoms. The minimum Gasteiger partial charge on any atom is -0.494 e. The van der Waals surface area contributed by atoms with E-state index in [9.17, 15) is 19.5 Å². The number of nitrogens with zero attached hydrogens (tertiary/aromatic N) is 3. The van der Waals surface area contributed by atoms with Crippen molar-refractivity contribution in [1.82, 2.24) is 20.2 Å². The van der Waals surface area contributed by atoms with E-state index in [0.29, 0.717) is 67.5 Å². The van der Waals surface area contributed by atoms with Crippen LogP contribution < -0.4 is 20.1 Å². The summed E-state index contributed by atoms with van der Waals surface area (Å²) < 4.78 is 28.0. The molecule has 8 rings (SSSR count). The number of halogens is 2. The minimum absolute atomic E-state index is 0.0879. The maximum atomic E-state index is 15.0. The van der Waals surface area contributed by atoms with Crippen molar-refractivity contribution in [3.8, 4) is 22.6 Å². The fourth-order valence-electron chi connectivity index (χ4n) is 10.8. The molecule has 3 aromatic carbocycles. The largest absolute Gasteiger partial charge is 0.494 e. The molecule has 3 atom stereocenters. The van der Waals surface area contributed by atoms with E-state index in [-0.39, 0.29) is 47.7 Å². The third kappa shape index (κ3) is 10.4. The van der Waals surface area contributed by atoms with Gasteiger partial charge in [0.1, 0.15) is 28.5 Å². The first-order valence-electron chi connectivity index (χ1n) is 23.6. The lowest BCUT2D eigenvalue weighted by Gasteiger charge is -2.47. The number of ether oxygens (including phenoxy) is 2. The molecular formula is C54H61ClFN5O6. The number of aliphatic carboxylic acids is 1. The molecule has 0 saturated heterocycles. The first kappa shape index (κ1) is 47.5. The smallest absolute Gasteiger partial charge is 0.329 e. The number of anilines is 1. The van der Waals surface area contributed by atoms with E-state index in [4.69, 9.17) is 21.1 Å². The van der Waals surface area contributed by atoms with Crippen molar-refractivity contribution in [3.05, 3.63) is 136 Å². The Morgan fingerprint density at radius 1 is 0.985 bits per heavy atom. The van der Waals surface area contributed by atoms with E-state index in [0.717, 1.165) is 60.4 Å². The Labute approximate surface area is 397 Å². The van der Waals surface area contributed by atoms with Crippen LogP contribution in [0.5, 0.6) is 11.5 Å². The number of carboxylic acids is 1. The highest BCUT2D eigenvalue weighted by molar-refractivity contribution is 6.30. The van der Waals surface area contributed by atoms with Crippen LogP contribution in [0.2, 0.25) is 5.02 Å². The number of carbonyl (C=O) groups is 3. The minimum atomic E-state index is -1.14. The van der Waals surface area contributed by atoms with Crippen LogP contribution in [0.25, 0.3) is 11.1 Å². The highest BCUT2D eigenvalue weighted by Gasteiger charge is 2.54. The molecule has 3 aliphatic rings. The van der Waals surface area contributed by atoms with Gasteiger partial charge in [0.2, 0.25) is 5.91 Å². The van der Waals surface area contributed by atoms with Gasteiger partial charge in [0.15, 0.2) is 0 Å². The summed E-state index contributed by atoms with van der Waals surface area (Å²) in [5, 5.41) is 17.2. The van der Waals surface area contributed by atoms with Gasteiger partial charge in [-0.25, -0.2) is 9.18 Å². The van der Waals surface area contributed by atoms with Gasteiger partial charge in [0.25, 0.3) is 5.91 Å². The lowest BCUT2D eigenvalue weighted by Crippen LogP contribution is -2.53. The predicted molar refractivity (Wildman–Crippen MR) is 258 cm³/mol. The summed E-state index contributed by atoms with van der Waals surface area (Å²) in [5.74, 6) is 0.883. The van der Waals surface area contributed by atoms with E-state index in [1.54, 1.807) is 49.6 Å². The van der Waals surface area contributed by atoms with Crippen LogP contribution in [-0.4, -0.2) is 70.6 Å². The zero-order valence-corrected chi connectivity index (χ0v) is 39.6. The van der Waals surface area contributed by atoms with Crippen molar-refractivity contribution in [2.45, 2.75) is 108 Å². The van der Waals surface area contributed by atoms with Gasteiger partial charge in [-0.3, -0.25) is 19.6 Å². The van der Waals surface area contributed by atoms with Crippen LogP contribution in [0.15, 0.2) is 91.3 Å². The Kier molecular flexibility index (Phi) is 14.5. The molecule has 3 N–H and O–H groups in total. The second-order valence-electron chi connectivity index (χ2n) is 19.0. The SMILES string of the molecule is CNC(=O)c1ccc(-c2ccc(F)c(CN(C)C(=O)CCCOc3ccc4c(c3)C3(CCC(Nc5cccc(Cl)c5)(C(=O)O)CC3)[C@@H](C[C@@H](C)COc3ccnc5c3[C@H](C)CCC5)C4)c2)cn1. The fourth-order valence-corrected chi connectivity index (χ4v) is 11.0. The molecule has 352 valence electrons. The van der Waals surface area contributed by atoms with Crippen LogP contribution in [0, 0.1) is 17.7 Å². The van der Waals surface area contributed by atoms with Gasteiger partial charge < -0.3 is 30.1 Å². The Morgan fingerprint density at radius 3 is 2.54 bits per heavy atom. The Morgan fingerprint density at radius 2 is 1.79 bits per heavy atom. The van der Waals surface area contributed by atoms with Crippen LogP contribution >= 0.6 is 11.6 Å². The molecule has 2 aromatic heterocycles. The highest BCUT2D eigenvalue weighted by Crippen LogP contribution is 2.57. The van der Waals surface area contributed by atoms with Crippen molar-refractivity contribution in [2.24, 2.45) is 11.8 Å². The molecule has 0 unspecified atom stereocenters. The summed E-state index contributed by atoms with van der Waals surface area (Å²) in [6.45, 7) is 5.50. The van der Waals surface area contributed by atoms with Gasteiger partial charge in [0.05, 0.1) is 13.2 Å². The maximum Gasteiger partial charge on any atom is 0.329 e. The number of aryl methyl sites for hydroxylation is 1. The van der Waals surface area contributed by atoms with Gasteiger partial charge in [-0.05, 0) is 159 Å². The Bertz CT molecular complexity index is 2600. The number of benzene rings is 3. The number of hydrogen-bond donors (Lipinski definition) is 3. The summed E-state index contributed by atoms with van der Waals surface area (Å²) in [5.41, 5.74) is 6.28. The van der Waals surface area contributed by atoms with Gasteiger partial charge in [-0.2, -0.15) is 0 Å². The second kappa shape index (κ2) is 20.5. The standard InChI is InChI=1S/C54H61ClFN5O6/c1-34(33-67-48-19-24-58-46-11-5-8-35(2)50(46)48)26-40-28-37-13-16-43(30-44(37)53(40)20-22-54(23-21-53,52(64)65)60-42-10-6-9-41(55)29-42)66-25-7-12-49(62)61(4)32-39-27-36(14-17-45(39)56)38-15-18-47(59-31-38)51(63)57-3/h6,9-10,13-19,24,27,29-31,34-35,40,60H,5,7-8,11-12,20-23,25-26,28,32-33H2,1-4H3,(H,57,63)(H,64,65)/t34-,35-,40+,53?,54?/m1/s1. The summed E-state index contributed by atoms with van der Waals surface area (Å²) in [7, 11) is 3.20. The molecule has 1 saturated carbocycles. The van der Waals surface area contributed by atoms with Crippen LogP contribution in [-0.2, 0) is 34.4 Å². The number of pyridine rings is 2. The molecule has 1 fully saturated rings. The number of carboxylic acid groups (broad SMARTS) is 1. The Balaban J connectivity index is 0.929. The molecular weight excluding hydrogens is 869 g/mol. The van der Waals surface area contributed by atoms with E-state index >= 15 is 4.39 Å². The zero-order valence-electron chi connectivity index (χ0n) is 38.9. The van der Waals surface area contributed by atoms with Crippen LogP contribution in [0.3, 0.4) is 0 Å². The summed E-state index contributed by atoms with van der Waals surface area (Å²) in [6.07, 6.45) is 11.4. The number of hydrogen-bond acceptors (Lipinski definition) is 8. The molecule has 0 aliphatic heterocycles. The fraction of sp³-hybridized carbons (Fsp3) is 0.426. The lowest BCUT2D eigenvalue weighted by molar-refractivity contribution is -0.144. The summed E-state index contributed by atoms with van der Waals surface area (Å²) in [4.78, 5) is 48.8. The molecule has 0 radical (unpaired) electrons. The normalized spacial score (nSPS) is 21.2. The molecule has 2 heterocycles. The van der Waals surface area contributed by atoms with Crippen molar-refractivity contribution < 1.29 is 33.4 Å². The van der Waals surface area contributed by atoms with E-state index < -0.39 is 17.3 Å². The van der Waals surface area contributed by atoms with E-state index in [2.05, 4.69) is 46.6 Å². The van der Waals surface area contributed by atoms with Crippen LogP contribution in [0.4, 0.5) is 10.1 Å². The average molecular weight is 931 g/mol. The van der Waals surface area contributed by atoms with Crippen molar-refractivity contribution in [3.63, 3.8) is 0 Å². The molecule has 13 heteroatoms. The number of nitrogens with one attached hydrogen (secondary N) is 2. The third-order valence-electron chi connectivity index (χ3n) is 14.5. The number of aromatic nitrogens is 2. The van der Waals surface area contributed by atoms with Gasteiger partial charge >= 0.3 is 5.97 Å². The van der Waals surface area contributed by atoms with E-state index in [1.807, 2.05) is 30.5 Å². The molecule has 3 aliphatic carbocycles. The van der Waals surface area contributed by atoms with E-state index in [1.165, 1.54) is 34.7 Å². The number of fused-ring (bicyclic) bond motifs is 3. The van der Waals surface area contributed by atoms with Crippen molar-refractivity contribution >= 4 is 35.1 Å². The first-order chi connectivity index (χ1) is 32.3. The number of amides is 2. The van der Waals surface area contributed by atoms with Gasteiger partial charge in [-0.1, -0.05) is 49.7 Å². The summed E-state index contributed by atoms with van der Waals surface area (Å²) >= 11 is 6.32. The number of carbonyl (C=O) groups excluding carboxylic acids is 2. The highest BCUT2D eigenvalue weighted by atomic mass is 35.5. The van der Waals surface area contributed by atoms with Crippen molar-refractivity contribution in [2.75, 3.05) is 32.6 Å². The monoisotopic (exact) mass is 929 g/mol.